The van der Waals surface area contributed by atoms with Crippen molar-refractivity contribution < 1.29 is 4.79 Å². The second-order valence-corrected chi connectivity index (χ2v) is 5.31. The quantitative estimate of drug-likeness (QED) is 0.631. The third-order valence-corrected chi connectivity index (χ3v) is 4.09. The van der Waals surface area contributed by atoms with Crippen molar-refractivity contribution >= 4 is 33.3 Å². The molecule has 0 radical (unpaired) electrons. The first-order chi connectivity index (χ1) is 9.02. The molecule has 0 aliphatic rings. The van der Waals surface area contributed by atoms with E-state index in [9.17, 15) is 4.79 Å². The topological polar surface area (TPSA) is 47.8 Å². The van der Waals surface area contributed by atoms with Crippen LogP contribution in [0.1, 0.15) is 28.7 Å². The van der Waals surface area contributed by atoms with Gasteiger partial charge in [0.05, 0.1) is 22.3 Å². The fourth-order valence-electron chi connectivity index (χ4n) is 1.83. The largest absolute Gasteiger partial charge is 0.294 e. The van der Waals surface area contributed by atoms with Crippen molar-refractivity contribution in [2.75, 3.05) is 0 Å². The maximum atomic E-state index is 12.2. The molecule has 0 amide bonds. The van der Waals surface area contributed by atoms with Gasteiger partial charge in [-0.1, -0.05) is 11.6 Å². The molecule has 100 valence electrons. The number of pyridine rings is 1. The Morgan fingerprint density at radius 2 is 2.21 bits per heavy atom. The zero-order chi connectivity index (χ0) is 14.0. The Balaban J connectivity index is 2.26. The van der Waals surface area contributed by atoms with Crippen LogP contribution < -0.4 is 0 Å². The van der Waals surface area contributed by atoms with E-state index < -0.39 is 0 Å². The number of rotatable bonds is 4. The Kier molecular flexibility index (Phi) is 4.37. The number of ketones is 1. The third kappa shape index (κ3) is 3.04. The van der Waals surface area contributed by atoms with E-state index in [1.54, 1.807) is 12.1 Å². The molecule has 2 heterocycles. The lowest BCUT2D eigenvalue weighted by atomic mass is 10.1. The maximum absolute atomic E-state index is 12.2. The average Bonchev–Trinajstić information content (AvgIpc) is 2.67. The number of hydrogen-bond acceptors (Lipinski definition) is 3. The van der Waals surface area contributed by atoms with Crippen molar-refractivity contribution in [2.45, 2.75) is 26.8 Å². The first kappa shape index (κ1) is 14.2. The molecule has 0 atom stereocenters. The summed E-state index contributed by atoms with van der Waals surface area (Å²) >= 11 is 9.19. The summed E-state index contributed by atoms with van der Waals surface area (Å²) in [6.07, 6.45) is 1.79. The van der Waals surface area contributed by atoms with Gasteiger partial charge in [-0.05, 0) is 41.9 Å². The van der Waals surface area contributed by atoms with Crippen molar-refractivity contribution in [1.82, 2.24) is 14.8 Å². The smallest absolute Gasteiger partial charge is 0.170 e. The third-order valence-electron chi connectivity index (χ3n) is 2.83. The number of nitrogens with zero attached hydrogens (tertiary/aromatic N) is 3. The molecule has 4 nitrogen and oxygen atoms in total. The Labute approximate surface area is 124 Å². The van der Waals surface area contributed by atoms with E-state index >= 15 is 0 Å². The molecule has 2 aromatic rings. The highest BCUT2D eigenvalue weighted by atomic mass is 79.9. The second kappa shape index (κ2) is 5.84. The van der Waals surface area contributed by atoms with Gasteiger partial charge in [0.15, 0.2) is 5.78 Å². The molecule has 0 bridgehead atoms. The highest BCUT2D eigenvalue weighted by Crippen LogP contribution is 2.22. The zero-order valence-corrected chi connectivity index (χ0v) is 13.0. The Bertz CT molecular complexity index is 607. The molecule has 0 spiro atoms. The highest BCUT2D eigenvalue weighted by molar-refractivity contribution is 9.10. The fourth-order valence-corrected chi connectivity index (χ4v) is 2.37. The van der Waals surface area contributed by atoms with E-state index in [-0.39, 0.29) is 5.78 Å². The van der Waals surface area contributed by atoms with Gasteiger partial charge in [0, 0.05) is 18.3 Å². The fraction of sp³-hybridized carbons (Fsp3) is 0.308. The molecule has 0 aliphatic carbocycles. The van der Waals surface area contributed by atoms with Crippen LogP contribution >= 0.6 is 27.5 Å². The van der Waals surface area contributed by atoms with Crippen molar-refractivity contribution in [3.8, 4) is 0 Å². The molecule has 19 heavy (non-hydrogen) atoms. The van der Waals surface area contributed by atoms with Crippen LogP contribution in [0.2, 0.25) is 5.15 Å². The van der Waals surface area contributed by atoms with Crippen LogP contribution in [0.4, 0.5) is 0 Å². The van der Waals surface area contributed by atoms with Gasteiger partial charge in [0.1, 0.15) is 5.15 Å². The number of halogens is 2. The molecule has 0 aromatic carbocycles. The predicted octanol–water partition coefficient (Wildman–Crippen LogP) is 3.45. The van der Waals surface area contributed by atoms with Crippen LogP contribution in [0.3, 0.4) is 0 Å². The van der Waals surface area contributed by atoms with Gasteiger partial charge in [-0.2, -0.15) is 5.10 Å². The number of aromatic nitrogens is 3. The molecule has 0 unspecified atom stereocenters. The van der Waals surface area contributed by atoms with Crippen LogP contribution in [0.15, 0.2) is 22.8 Å². The maximum Gasteiger partial charge on any atom is 0.170 e. The van der Waals surface area contributed by atoms with Crippen molar-refractivity contribution in [3.63, 3.8) is 0 Å². The summed E-state index contributed by atoms with van der Waals surface area (Å²) in [6, 6.07) is 3.30. The van der Waals surface area contributed by atoms with E-state index in [0.29, 0.717) is 17.1 Å². The Morgan fingerprint density at radius 1 is 1.47 bits per heavy atom. The van der Waals surface area contributed by atoms with Crippen LogP contribution in [-0.2, 0) is 13.0 Å². The van der Waals surface area contributed by atoms with Gasteiger partial charge in [0.2, 0.25) is 0 Å². The summed E-state index contributed by atoms with van der Waals surface area (Å²) in [4.78, 5) is 16.1. The van der Waals surface area contributed by atoms with Crippen LogP contribution in [0, 0.1) is 6.92 Å². The number of carbonyl (C=O) groups is 1. The summed E-state index contributed by atoms with van der Waals surface area (Å²) in [6.45, 7) is 4.64. The molecular weight excluding hydrogens is 330 g/mol. The van der Waals surface area contributed by atoms with Gasteiger partial charge < -0.3 is 0 Å². The average molecular weight is 343 g/mol. The van der Waals surface area contributed by atoms with E-state index in [4.69, 9.17) is 11.6 Å². The van der Waals surface area contributed by atoms with Gasteiger partial charge in [-0.3, -0.25) is 9.48 Å². The predicted molar refractivity (Wildman–Crippen MR) is 77.6 cm³/mol. The number of Topliss-reactive ketones (excluding diaryl/α,β-unsaturated/α-hetero) is 1. The minimum atomic E-state index is -0.000494. The Hall–Kier alpha value is -1.20. The second-order valence-electron chi connectivity index (χ2n) is 4.13. The molecule has 2 aromatic heterocycles. The SMILES string of the molecule is CCn1nc(C)c(Br)c1CC(=O)c1ccc(Cl)nc1. The molecule has 0 aliphatic heterocycles. The van der Waals surface area contributed by atoms with Crippen LogP contribution in [0.25, 0.3) is 0 Å². The van der Waals surface area contributed by atoms with Crippen molar-refractivity contribution in [1.29, 1.82) is 0 Å². The summed E-state index contributed by atoms with van der Waals surface area (Å²) in [5.74, 6) is -0.000494. The summed E-state index contributed by atoms with van der Waals surface area (Å²) in [7, 11) is 0. The molecule has 6 heteroatoms. The minimum Gasteiger partial charge on any atom is -0.294 e. The summed E-state index contributed by atoms with van der Waals surface area (Å²) < 4.78 is 2.73. The van der Waals surface area contributed by atoms with E-state index in [1.807, 2.05) is 18.5 Å². The standard InChI is InChI=1S/C13H13BrClN3O/c1-3-18-10(13(14)8(2)17-18)6-11(19)9-4-5-12(15)16-7-9/h4-5,7H,3,6H2,1-2H3. The molecule has 0 saturated carbocycles. The molecule has 0 N–H and O–H groups in total. The Morgan fingerprint density at radius 3 is 2.79 bits per heavy atom. The lowest BCUT2D eigenvalue weighted by Gasteiger charge is -2.05. The lowest BCUT2D eigenvalue weighted by Crippen LogP contribution is -2.10. The normalized spacial score (nSPS) is 10.7. The molecular formula is C13H13BrClN3O. The van der Waals surface area contributed by atoms with Gasteiger partial charge in [0.25, 0.3) is 0 Å². The zero-order valence-electron chi connectivity index (χ0n) is 10.7. The van der Waals surface area contributed by atoms with E-state index in [2.05, 4.69) is 26.0 Å². The molecule has 0 fully saturated rings. The van der Waals surface area contributed by atoms with Gasteiger partial charge >= 0.3 is 0 Å². The first-order valence-electron chi connectivity index (χ1n) is 5.89. The minimum absolute atomic E-state index is 0.000494. The summed E-state index contributed by atoms with van der Waals surface area (Å²) in [5, 5.41) is 4.75. The number of aryl methyl sites for hydroxylation is 2. The number of carbonyl (C=O) groups excluding carboxylic acids is 1. The van der Waals surface area contributed by atoms with Crippen LogP contribution in [0.5, 0.6) is 0 Å². The molecule has 2 rings (SSSR count). The van der Waals surface area contributed by atoms with Gasteiger partial charge in [-0.25, -0.2) is 4.98 Å². The summed E-state index contributed by atoms with van der Waals surface area (Å²) in [5.41, 5.74) is 2.33. The van der Waals surface area contributed by atoms with E-state index in [0.717, 1.165) is 22.4 Å². The monoisotopic (exact) mass is 341 g/mol. The highest BCUT2D eigenvalue weighted by Gasteiger charge is 2.16. The first-order valence-corrected chi connectivity index (χ1v) is 7.06. The van der Waals surface area contributed by atoms with Crippen LogP contribution in [-0.4, -0.2) is 20.5 Å². The lowest BCUT2D eigenvalue weighted by molar-refractivity contribution is 0.0990. The van der Waals surface area contributed by atoms with E-state index in [1.165, 1.54) is 6.20 Å². The van der Waals surface area contributed by atoms with Crippen molar-refractivity contribution in [2.24, 2.45) is 0 Å². The number of hydrogen-bond donors (Lipinski definition) is 0. The van der Waals surface area contributed by atoms with Gasteiger partial charge in [-0.15, -0.1) is 0 Å². The van der Waals surface area contributed by atoms with Crippen molar-refractivity contribution in [3.05, 3.63) is 44.9 Å². The molecule has 0 saturated heterocycles.